The maximum absolute atomic E-state index is 11.4. The Balaban J connectivity index is 2.41. The monoisotopic (exact) mass is 272 g/mol. The van der Waals surface area contributed by atoms with Crippen LogP contribution in [0.1, 0.15) is 32.6 Å². The summed E-state index contributed by atoms with van der Waals surface area (Å²) in [6, 6.07) is 5.49. The van der Waals surface area contributed by atoms with Crippen molar-refractivity contribution in [2.75, 3.05) is 0 Å². The highest BCUT2D eigenvalue weighted by molar-refractivity contribution is 9.10. The van der Waals surface area contributed by atoms with E-state index in [1.807, 2.05) is 18.2 Å². The fraction of sp³-hybridized carbons (Fsp3) is 0.455. The Morgan fingerprint density at radius 2 is 2.27 bits per heavy atom. The normalized spacial score (nSPS) is 10.0. The molecule has 4 heteroatoms. The minimum Gasteiger partial charge on any atom is -0.245 e. The molecule has 0 aromatic carbocycles. The second-order valence-electron chi connectivity index (χ2n) is 3.27. The Hall–Kier alpha value is -0.900. The van der Waals surface area contributed by atoms with Crippen LogP contribution in [-0.4, -0.2) is 5.97 Å². The van der Waals surface area contributed by atoms with Crippen LogP contribution in [0.25, 0.3) is 0 Å². The molecule has 1 rings (SSSR count). The molecule has 0 saturated carbocycles. The van der Waals surface area contributed by atoms with E-state index in [2.05, 4.69) is 22.9 Å². The average molecular weight is 273 g/mol. The molecule has 0 N–H and O–H groups in total. The van der Waals surface area contributed by atoms with Gasteiger partial charge < -0.3 is 0 Å². The molecule has 0 radical (unpaired) electrons. The van der Waals surface area contributed by atoms with E-state index < -0.39 is 0 Å². The Morgan fingerprint density at radius 1 is 1.47 bits per heavy atom. The van der Waals surface area contributed by atoms with E-state index >= 15 is 0 Å². The van der Waals surface area contributed by atoms with Gasteiger partial charge in [-0.1, -0.05) is 19.8 Å². The molecule has 1 aromatic heterocycles. The molecule has 0 saturated heterocycles. The first-order valence-electron chi connectivity index (χ1n) is 5.11. The van der Waals surface area contributed by atoms with Gasteiger partial charge in [0, 0.05) is 32.8 Å². The number of rotatable bonds is 5. The predicted octanol–water partition coefficient (Wildman–Crippen LogP) is 2.27. The van der Waals surface area contributed by atoms with Crippen molar-refractivity contribution in [1.82, 2.24) is 0 Å². The summed E-state index contributed by atoms with van der Waals surface area (Å²) in [6.45, 7) is 2.11. The minimum atomic E-state index is -0.194. The summed E-state index contributed by atoms with van der Waals surface area (Å²) in [4.78, 5) is 16.5. The van der Waals surface area contributed by atoms with Crippen LogP contribution in [0, 0.1) is 0 Å². The Labute approximate surface area is 98.1 Å². The van der Waals surface area contributed by atoms with Gasteiger partial charge in [0.2, 0.25) is 6.20 Å². The average Bonchev–Trinajstić information content (AvgIpc) is 2.22. The molecule has 15 heavy (non-hydrogen) atoms. The highest BCUT2D eigenvalue weighted by Crippen LogP contribution is 2.01. The van der Waals surface area contributed by atoms with E-state index in [1.54, 1.807) is 6.20 Å². The first kappa shape index (κ1) is 12.2. The van der Waals surface area contributed by atoms with Crippen LogP contribution in [0.3, 0.4) is 0 Å². The van der Waals surface area contributed by atoms with Crippen LogP contribution in [-0.2, 0) is 4.79 Å². The molecule has 0 aliphatic heterocycles. The number of hydrogen-bond donors (Lipinski definition) is 0. The fourth-order valence-corrected chi connectivity index (χ4v) is 1.50. The van der Waals surface area contributed by atoms with E-state index in [1.165, 1.54) is 4.73 Å². The van der Waals surface area contributed by atoms with Crippen molar-refractivity contribution in [2.45, 2.75) is 32.6 Å². The second kappa shape index (κ2) is 6.56. The Bertz CT molecular complexity index is 328. The van der Waals surface area contributed by atoms with Crippen LogP contribution in [0.2, 0.25) is 0 Å². The summed E-state index contributed by atoms with van der Waals surface area (Å²) in [5.74, 6) is -0.194. The third kappa shape index (κ3) is 4.42. The van der Waals surface area contributed by atoms with Gasteiger partial charge >= 0.3 is 5.97 Å². The van der Waals surface area contributed by atoms with Crippen molar-refractivity contribution in [3.05, 3.63) is 29.0 Å². The number of hydrogen-bond acceptors (Lipinski definition) is 2. The molecule has 0 fully saturated rings. The zero-order valence-electron chi connectivity index (χ0n) is 8.78. The van der Waals surface area contributed by atoms with Crippen molar-refractivity contribution in [3.8, 4) is 0 Å². The van der Waals surface area contributed by atoms with Crippen LogP contribution in [0.4, 0.5) is 0 Å². The maximum atomic E-state index is 11.4. The summed E-state index contributed by atoms with van der Waals surface area (Å²) >= 11 is 3.29. The molecule has 0 bridgehead atoms. The van der Waals surface area contributed by atoms with E-state index in [-0.39, 0.29) is 5.97 Å². The summed E-state index contributed by atoms with van der Waals surface area (Å²) in [5, 5.41) is 0. The number of carbonyl (C=O) groups is 1. The third-order valence-electron chi connectivity index (χ3n) is 1.96. The van der Waals surface area contributed by atoms with E-state index in [4.69, 9.17) is 4.84 Å². The Kier molecular flexibility index (Phi) is 5.32. The zero-order valence-corrected chi connectivity index (χ0v) is 10.4. The molecule has 0 unspecified atom stereocenters. The number of carbonyl (C=O) groups excluding carboxylic acids is 1. The van der Waals surface area contributed by atoms with Crippen molar-refractivity contribution < 1.29 is 14.4 Å². The molecule has 1 aromatic rings. The topological polar surface area (TPSA) is 30.2 Å². The van der Waals surface area contributed by atoms with E-state index in [0.29, 0.717) is 6.42 Å². The van der Waals surface area contributed by atoms with Gasteiger partial charge in [0.1, 0.15) is 0 Å². The first-order chi connectivity index (χ1) is 7.24. The highest BCUT2D eigenvalue weighted by Gasteiger charge is 2.13. The third-order valence-corrected chi connectivity index (χ3v) is 2.58. The molecule has 0 aliphatic rings. The molecular weight excluding hydrogens is 258 g/mol. The SMILES string of the molecule is CCCCCC(=O)O[n+]1ccccc1Br. The van der Waals surface area contributed by atoms with Gasteiger partial charge in [0.25, 0.3) is 4.60 Å². The van der Waals surface area contributed by atoms with Crippen molar-refractivity contribution in [2.24, 2.45) is 0 Å². The van der Waals surface area contributed by atoms with E-state index in [0.717, 1.165) is 23.9 Å². The minimum absolute atomic E-state index is 0.194. The molecule has 3 nitrogen and oxygen atoms in total. The van der Waals surface area contributed by atoms with Crippen molar-refractivity contribution >= 4 is 21.9 Å². The maximum Gasteiger partial charge on any atom is 0.380 e. The number of unbranched alkanes of at least 4 members (excludes halogenated alkanes) is 2. The number of halogens is 1. The van der Waals surface area contributed by atoms with Crippen molar-refractivity contribution in [3.63, 3.8) is 0 Å². The van der Waals surface area contributed by atoms with Gasteiger partial charge in [-0.15, -0.1) is 0 Å². The first-order valence-corrected chi connectivity index (χ1v) is 5.90. The summed E-state index contributed by atoms with van der Waals surface area (Å²) < 4.78 is 2.16. The second-order valence-corrected chi connectivity index (χ2v) is 4.08. The molecule has 0 aliphatic carbocycles. The smallest absolute Gasteiger partial charge is 0.245 e. The molecule has 0 spiro atoms. The fourth-order valence-electron chi connectivity index (χ4n) is 1.16. The zero-order chi connectivity index (χ0) is 11.1. The molecule has 0 amide bonds. The van der Waals surface area contributed by atoms with Gasteiger partial charge in [-0.2, -0.15) is 4.84 Å². The van der Waals surface area contributed by atoms with Crippen LogP contribution in [0.15, 0.2) is 29.0 Å². The lowest BCUT2D eigenvalue weighted by molar-refractivity contribution is -0.878. The predicted molar refractivity (Wildman–Crippen MR) is 60.1 cm³/mol. The van der Waals surface area contributed by atoms with Crippen molar-refractivity contribution in [1.29, 1.82) is 0 Å². The van der Waals surface area contributed by atoms with Gasteiger partial charge in [0.15, 0.2) is 0 Å². The molecule has 82 valence electrons. The number of pyridine rings is 1. The van der Waals surface area contributed by atoms with Gasteiger partial charge in [-0.3, -0.25) is 0 Å². The summed E-state index contributed by atoms with van der Waals surface area (Å²) in [5.41, 5.74) is 0. The lowest BCUT2D eigenvalue weighted by Gasteiger charge is -1.97. The molecule has 1 heterocycles. The van der Waals surface area contributed by atoms with E-state index in [9.17, 15) is 4.79 Å². The Morgan fingerprint density at radius 3 is 2.93 bits per heavy atom. The standard InChI is InChI=1S/C11H15BrNO2/c1-2-3-4-8-11(14)15-13-9-6-5-7-10(13)12/h5-7,9H,2-4,8H2,1H3/q+1. The quantitative estimate of drug-likeness (QED) is 0.468. The van der Waals surface area contributed by atoms with Gasteiger partial charge in [0.05, 0.1) is 6.42 Å². The lowest BCUT2D eigenvalue weighted by Crippen LogP contribution is -2.46. The lowest BCUT2D eigenvalue weighted by atomic mass is 10.2. The van der Waals surface area contributed by atoms with Crippen LogP contribution < -0.4 is 9.57 Å². The van der Waals surface area contributed by atoms with Gasteiger partial charge in [-0.25, -0.2) is 4.79 Å². The molecular formula is C11H15BrNO2+. The summed E-state index contributed by atoms with van der Waals surface area (Å²) in [6.07, 6.45) is 5.23. The van der Waals surface area contributed by atoms with Crippen LogP contribution >= 0.6 is 15.9 Å². The number of aromatic nitrogens is 1. The highest BCUT2D eigenvalue weighted by atomic mass is 79.9. The summed E-state index contributed by atoms with van der Waals surface area (Å²) in [7, 11) is 0. The molecule has 0 atom stereocenters. The largest absolute Gasteiger partial charge is 0.380 e. The number of nitrogens with zero attached hydrogens (tertiary/aromatic N) is 1. The van der Waals surface area contributed by atoms with Crippen LogP contribution in [0.5, 0.6) is 0 Å². The van der Waals surface area contributed by atoms with Gasteiger partial charge in [-0.05, 0) is 12.5 Å².